The average molecular weight is 220 g/mol. The quantitative estimate of drug-likeness (QED) is 0.624. The summed E-state index contributed by atoms with van der Waals surface area (Å²) >= 11 is 1.11. The molecule has 2 aromatic rings. The molecule has 1 N–H and O–H groups in total. The summed E-state index contributed by atoms with van der Waals surface area (Å²) in [6.07, 6.45) is 0.627. The van der Waals surface area contributed by atoms with E-state index in [0.29, 0.717) is 6.42 Å². The molecule has 0 radical (unpaired) electrons. The number of nitrogens with one attached hydrogen (secondary N) is 1. The topological polar surface area (TPSA) is 46.8 Å². The number of benzene rings is 1. The fourth-order valence-electron chi connectivity index (χ4n) is 1.51. The summed E-state index contributed by atoms with van der Waals surface area (Å²) in [4.78, 5) is 0. The minimum absolute atomic E-state index is 0.627. The Balaban J connectivity index is 1.91. The van der Waals surface area contributed by atoms with Gasteiger partial charge in [0.1, 0.15) is 11.3 Å². The molecule has 2 heterocycles. The molecule has 3 rings (SSSR count). The second-order valence-electron chi connectivity index (χ2n) is 3.23. The smallest absolute Gasteiger partial charge is 0.208 e. The van der Waals surface area contributed by atoms with Gasteiger partial charge in [0.15, 0.2) is 5.84 Å². The number of fused-ring (bicyclic) bond motifs is 1. The van der Waals surface area contributed by atoms with Crippen molar-refractivity contribution in [3.63, 3.8) is 0 Å². The summed E-state index contributed by atoms with van der Waals surface area (Å²) in [7, 11) is 0. The van der Waals surface area contributed by atoms with Crippen molar-refractivity contribution in [2.24, 2.45) is 5.16 Å². The molecular formula is C10H8N2O2S. The predicted octanol–water partition coefficient (Wildman–Crippen LogP) is 2.47. The zero-order valence-corrected chi connectivity index (χ0v) is 8.58. The standard InChI is InChI=1S/C10H8N2O2S/c1-2-4-9-7(3-1)5-8(13-9)6-10-11-14-15-12-10/h1-5H,6H2,(H,11,12). The molecule has 1 aromatic carbocycles. The van der Waals surface area contributed by atoms with Crippen molar-refractivity contribution in [1.82, 2.24) is 4.72 Å². The molecule has 76 valence electrons. The van der Waals surface area contributed by atoms with Gasteiger partial charge in [0.25, 0.3) is 0 Å². The van der Waals surface area contributed by atoms with Gasteiger partial charge in [-0.3, -0.25) is 9.01 Å². The highest BCUT2D eigenvalue weighted by Crippen LogP contribution is 2.20. The normalized spacial score (nSPS) is 14.8. The van der Waals surface area contributed by atoms with E-state index < -0.39 is 0 Å². The predicted molar refractivity (Wildman–Crippen MR) is 59.2 cm³/mol. The Bertz CT molecular complexity index is 488. The van der Waals surface area contributed by atoms with Crippen LogP contribution in [-0.4, -0.2) is 5.84 Å². The van der Waals surface area contributed by atoms with E-state index >= 15 is 0 Å². The van der Waals surface area contributed by atoms with Crippen LogP contribution in [0, 0.1) is 0 Å². The largest absolute Gasteiger partial charge is 0.461 e. The van der Waals surface area contributed by atoms with Crippen molar-refractivity contribution in [3.8, 4) is 0 Å². The molecule has 1 aliphatic rings. The van der Waals surface area contributed by atoms with Crippen LogP contribution in [0.3, 0.4) is 0 Å². The van der Waals surface area contributed by atoms with E-state index in [4.69, 9.17) is 8.70 Å². The first-order chi connectivity index (χ1) is 7.42. The maximum absolute atomic E-state index is 5.64. The van der Waals surface area contributed by atoms with Crippen LogP contribution in [0.15, 0.2) is 39.9 Å². The van der Waals surface area contributed by atoms with Gasteiger partial charge in [-0.1, -0.05) is 23.4 Å². The first-order valence-corrected chi connectivity index (χ1v) is 5.29. The molecule has 0 fully saturated rings. The van der Waals surface area contributed by atoms with E-state index in [-0.39, 0.29) is 0 Å². The minimum atomic E-state index is 0.627. The van der Waals surface area contributed by atoms with E-state index in [1.807, 2.05) is 30.3 Å². The third-order valence-corrected chi connectivity index (χ3v) is 2.63. The Kier molecular flexibility index (Phi) is 2.03. The molecule has 0 unspecified atom stereocenters. The second-order valence-corrected chi connectivity index (χ2v) is 3.75. The number of hydrogen-bond acceptors (Lipinski definition) is 5. The number of nitrogens with zero attached hydrogens (tertiary/aromatic N) is 1. The van der Waals surface area contributed by atoms with Gasteiger partial charge in [-0.2, -0.15) is 0 Å². The molecule has 1 aromatic heterocycles. The Hall–Kier alpha value is -1.62. The van der Waals surface area contributed by atoms with E-state index in [0.717, 1.165) is 34.8 Å². The number of amidine groups is 1. The minimum Gasteiger partial charge on any atom is -0.461 e. The molecule has 15 heavy (non-hydrogen) atoms. The summed E-state index contributed by atoms with van der Waals surface area (Å²) in [5.74, 6) is 1.66. The van der Waals surface area contributed by atoms with Crippen LogP contribution in [0.5, 0.6) is 0 Å². The number of oxime groups is 1. The molecule has 1 aliphatic heterocycles. The fourth-order valence-corrected chi connectivity index (χ4v) is 1.88. The van der Waals surface area contributed by atoms with E-state index in [2.05, 4.69) is 9.88 Å². The highest BCUT2D eigenvalue weighted by Gasteiger charge is 2.12. The molecule has 0 saturated heterocycles. The molecule has 0 bridgehead atoms. The average Bonchev–Trinajstić information content (AvgIpc) is 2.86. The second kappa shape index (κ2) is 3.51. The molecule has 0 spiro atoms. The van der Waals surface area contributed by atoms with Crippen LogP contribution >= 0.6 is 12.2 Å². The lowest BCUT2D eigenvalue weighted by atomic mass is 10.2. The lowest BCUT2D eigenvalue weighted by molar-refractivity contribution is 0.414. The molecule has 0 aliphatic carbocycles. The highest BCUT2D eigenvalue weighted by molar-refractivity contribution is 7.93. The molecule has 5 heteroatoms. The van der Waals surface area contributed by atoms with Crippen molar-refractivity contribution in [3.05, 3.63) is 36.1 Å². The van der Waals surface area contributed by atoms with Crippen molar-refractivity contribution >= 4 is 29.0 Å². The summed E-state index contributed by atoms with van der Waals surface area (Å²) in [5, 5.41) is 4.92. The summed E-state index contributed by atoms with van der Waals surface area (Å²) in [6, 6.07) is 9.94. The zero-order chi connectivity index (χ0) is 10.1. The number of para-hydroxylation sites is 1. The van der Waals surface area contributed by atoms with Gasteiger partial charge in [-0.05, 0) is 12.1 Å². The summed E-state index contributed by atoms with van der Waals surface area (Å²) < 4.78 is 13.3. The van der Waals surface area contributed by atoms with Crippen molar-refractivity contribution in [2.75, 3.05) is 0 Å². The monoisotopic (exact) mass is 220 g/mol. The Morgan fingerprint density at radius 3 is 3.07 bits per heavy atom. The van der Waals surface area contributed by atoms with Crippen molar-refractivity contribution in [2.45, 2.75) is 6.42 Å². The third-order valence-electron chi connectivity index (χ3n) is 2.16. The van der Waals surface area contributed by atoms with E-state index in [1.165, 1.54) is 0 Å². The van der Waals surface area contributed by atoms with Gasteiger partial charge in [-0.15, -0.1) is 0 Å². The molecular weight excluding hydrogens is 212 g/mol. The van der Waals surface area contributed by atoms with Crippen LogP contribution in [-0.2, 0) is 10.7 Å². The van der Waals surface area contributed by atoms with Gasteiger partial charge in [0.2, 0.25) is 12.2 Å². The van der Waals surface area contributed by atoms with Crippen LogP contribution in [0.1, 0.15) is 5.76 Å². The van der Waals surface area contributed by atoms with Crippen LogP contribution < -0.4 is 4.72 Å². The Morgan fingerprint density at radius 1 is 1.33 bits per heavy atom. The van der Waals surface area contributed by atoms with E-state index in [9.17, 15) is 0 Å². The van der Waals surface area contributed by atoms with Crippen molar-refractivity contribution in [1.29, 1.82) is 0 Å². The fraction of sp³-hybridized carbons (Fsp3) is 0.100. The number of hydrogen-bond donors (Lipinski definition) is 1. The van der Waals surface area contributed by atoms with Gasteiger partial charge < -0.3 is 4.42 Å². The first kappa shape index (κ1) is 8.67. The lowest BCUT2D eigenvalue weighted by Crippen LogP contribution is -2.13. The summed E-state index contributed by atoms with van der Waals surface area (Å²) in [6.45, 7) is 0. The molecule has 4 nitrogen and oxygen atoms in total. The van der Waals surface area contributed by atoms with Crippen LogP contribution in [0.4, 0.5) is 0 Å². The maximum atomic E-state index is 5.64. The Morgan fingerprint density at radius 2 is 2.27 bits per heavy atom. The highest BCUT2D eigenvalue weighted by atomic mass is 32.2. The first-order valence-electron chi connectivity index (χ1n) is 4.55. The van der Waals surface area contributed by atoms with Gasteiger partial charge in [-0.25, -0.2) is 0 Å². The molecule has 0 amide bonds. The zero-order valence-electron chi connectivity index (χ0n) is 7.77. The van der Waals surface area contributed by atoms with Crippen LogP contribution in [0.2, 0.25) is 0 Å². The molecule has 0 atom stereocenters. The SMILES string of the molecule is c1ccc2oc(CC3=NOSN3)cc2c1. The third kappa shape index (κ3) is 1.66. The van der Waals surface area contributed by atoms with Gasteiger partial charge in [0.05, 0.1) is 6.42 Å². The summed E-state index contributed by atoms with van der Waals surface area (Å²) in [5.41, 5.74) is 0.902. The van der Waals surface area contributed by atoms with Crippen LogP contribution in [0.25, 0.3) is 11.0 Å². The molecule has 0 saturated carbocycles. The van der Waals surface area contributed by atoms with Gasteiger partial charge >= 0.3 is 0 Å². The number of furan rings is 1. The van der Waals surface area contributed by atoms with E-state index in [1.54, 1.807) is 0 Å². The van der Waals surface area contributed by atoms with Crippen molar-refractivity contribution < 1.29 is 8.70 Å². The number of rotatable bonds is 2. The van der Waals surface area contributed by atoms with Gasteiger partial charge in [0, 0.05) is 5.39 Å². The lowest BCUT2D eigenvalue weighted by Gasteiger charge is -1.92. The maximum Gasteiger partial charge on any atom is 0.208 e. The Labute approximate surface area is 90.6 Å².